The largest absolute Gasteiger partial charge is 0.467 e. The Morgan fingerprint density at radius 2 is 2.00 bits per heavy atom. The van der Waals surface area contributed by atoms with Crippen molar-refractivity contribution in [2.75, 3.05) is 7.11 Å². The van der Waals surface area contributed by atoms with Crippen LogP contribution in [0, 0.1) is 0 Å². The third-order valence-corrected chi connectivity index (χ3v) is 1.74. The Kier molecular flexibility index (Phi) is 2.39. The quantitative estimate of drug-likeness (QED) is 0.549. The van der Waals surface area contributed by atoms with Crippen molar-refractivity contribution >= 4 is 5.97 Å². The summed E-state index contributed by atoms with van der Waals surface area (Å²) in [5.74, 6) is -1.06. The summed E-state index contributed by atoms with van der Waals surface area (Å²) < 4.78 is 15.2. The smallest absolute Gasteiger partial charge is 0.337 e. The third kappa shape index (κ3) is 1.76. The van der Waals surface area contributed by atoms with Crippen LogP contribution in [0.5, 0.6) is 0 Å². The fraction of sp³-hybridized carbons (Fsp3) is 0.875. The van der Waals surface area contributed by atoms with Gasteiger partial charge in [0.25, 0.3) is 0 Å². The monoisotopic (exact) mass is 174 g/mol. The zero-order valence-corrected chi connectivity index (χ0v) is 7.79. The molecule has 0 radical (unpaired) electrons. The summed E-state index contributed by atoms with van der Waals surface area (Å²) in [6.07, 6.45) is -0.836. The van der Waals surface area contributed by atoms with Crippen molar-refractivity contribution in [2.24, 2.45) is 0 Å². The molecule has 0 saturated carbocycles. The first-order valence-corrected chi connectivity index (χ1v) is 3.90. The lowest BCUT2D eigenvalue weighted by Gasteiger charge is -2.15. The summed E-state index contributed by atoms with van der Waals surface area (Å²) in [5.41, 5.74) is 0. The van der Waals surface area contributed by atoms with E-state index in [1.807, 2.05) is 0 Å². The topological polar surface area (TPSA) is 44.8 Å². The number of hydrogen-bond donors (Lipinski definition) is 0. The molecule has 0 aromatic carbocycles. The molecule has 0 spiro atoms. The van der Waals surface area contributed by atoms with Crippen molar-refractivity contribution < 1.29 is 19.0 Å². The van der Waals surface area contributed by atoms with Crippen LogP contribution in [-0.2, 0) is 19.0 Å². The highest BCUT2D eigenvalue weighted by Gasteiger charge is 2.43. The van der Waals surface area contributed by atoms with Gasteiger partial charge in [0.15, 0.2) is 11.9 Å². The van der Waals surface area contributed by atoms with Gasteiger partial charge in [0, 0.05) is 0 Å². The summed E-state index contributed by atoms with van der Waals surface area (Å²) in [5, 5.41) is 0. The van der Waals surface area contributed by atoms with E-state index >= 15 is 0 Å². The van der Waals surface area contributed by atoms with Crippen LogP contribution in [-0.4, -0.2) is 31.1 Å². The van der Waals surface area contributed by atoms with Crippen molar-refractivity contribution in [1.29, 1.82) is 0 Å². The van der Waals surface area contributed by atoms with E-state index in [4.69, 9.17) is 9.47 Å². The van der Waals surface area contributed by atoms with Crippen molar-refractivity contribution in [2.45, 2.75) is 38.8 Å². The molecule has 70 valence electrons. The molecule has 4 nitrogen and oxygen atoms in total. The van der Waals surface area contributed by atoms with Crippen LogP contribution < -0.4 is 0 Å². The molecule has 4 heteroatoms. The first-order valence-electron chi connectivity index (χ1n) is 3.90. The zero-order chi connectivity index (χ0) is 9.35. The first-order chi connectivity index (χ1) is 5.46. The molecule has 0 N–H and O–H groups in total. The summed E-state index contributed by atoms with van der Waals surface area (Å²) in [4.78, 5) is 11.1. The number of carbonyl (C=O) groups excluding carboxylic acids is 1. The molecule has 1 aliphatic rings. The lowest BCUT2D eigenvalue weighted by atomic mass is 10.2. The average molecular weight is 174 g/mol. The molecule has 0 aromatic rings. The van der Waals surface area contributed by atoms with Crippen LogP contribution in [0.25, 0.3) is 0 Å². The van der Waals surface area contributed by atoms with Gasteiger partial charge in [0.2, 0.25) is 0 Å². The normalized spacial score (nSPS) is 33.3. The maximum atomic E-state index is 11.1. The minimum absolute atomic E-state index is 0.243. The van der Waals surface area contributed by atoms with E-state index in [-0.39, 0.29) is 12.1 Å². The van der Waals surface area contributed by atoms with E-state index in [2.05, 4.69) is 4.74 Å². The Balaban J connectivity index is 2.64. The van der Waals surface area contributed by atoms with E-state index in [1.165, 1.54) is 7.11 Å². The highest BCUT2D eigenvalue weighted by atomic mass is 16.8. The van der Waals surface area contributed by atoms with E-state index in [0.717, 1.165) is 0 Å². The summed E-state index contributed by atoms with van der Waals surface area (Å²) in [6, 6.07) is 0. The highest BCUT2D eigenvalue weighted by Crippen LogP contribution is 2.28. The van der Waals surface area contributed by atoms with Gasteiger partial charge in [0.1, 0.15) is 0 Å². The van der Waals surface area contributed by atoms with Crippen molar-refractivity contribution in [1.82, 2.24) is 0 Å². The molecule has 0 amide bonds. The molecule has 0 bridgehead atoms. The second kappa shape index (κ2) is 3.03. The Hall–Kier alpha value is -0.610. The number of esters is 1. The fourth-order valence-electron chi connectivity index (χ4n) is 1.29. The minimum atomic E-state index is -0.682. The second-order valence-electron chi connectivity index (χ2n) is 3.28. The fourth-order valence-corrected chi connectivity index (χ4v) is 1.29. The van der Waals surface area contributed by atoms with Crippen LogP contribution in [0.4, 0.5) is 0 Å². The standard InChI is InChI=1S/C8H14O4/c1-5-6(7(9)10-4)12-8(2,3)11-5/h5-6H,1-4H3/t5-,6+/m1/s1. The van der Waals surface area contributed by atoms with E-state index in [0.29, 0.717) is 0 Å². The third-order valence-electron chi connectivity index (χ3n) is 1.74. The Labute approximate surface area is 71.8 Å². The zero-order valence-electron chi connectivity index (χ0n) is 7.79. The summed E-state index contributed by atoms with van der Waals surface area (Å²) >= 11 is 0. The lowest BCUT2D eigenvalue weighted by molar-refractivity contribution is -0.168. The van der Waals surface area contributed by atoms with Crippen LogP contribution >= 0.6 is 0 Å². The summed E-state index contributed by atoms with van der Waals surface area (Å²) in [6.45, 7) is 5.33. The highest BCUT2D eigenvalue weighted by molar-refractivity contribution is 5.75. The number of hydrogen-bond acceptors (Lipinski definition) is 4. The molecule has 2 atom stereocenters. The SMILES string of the molecule is COC(=O)[C@H]1OC(C)(C)O[C@@H]1C. The van der Waals surface area contributed by atoms with Crippen LogP contribution in [0.1, 0.15) is 20.8 Å². The average Bonchev–Trinajstić information content (AvgIpc) is 2.23. The molecule has 1 fully saturated rings. The van der Waals surface area contributed by atoms with Crippen molar-refractivity contribution in [3.8, 4) is 0 Å². The van der Waals surface area contributed by atoms with E-state index in [1.54, 1.807) is 20.8 Å². The number of carbonyl (C=O) groups is 1. The maximum absolute atomic E-state index is 11.1. The molecule has 1 heterocycles. The van der Waals surface area contributed by atoms with Gasteiger partial charge in [-0.15, -0.1) is 0 Å². The van der Waals surface area contributed by atoms with Crippen LogP contribution in [0.3, 0.4) is 0 Å². The van der Waals surface area contributed by atoms with Crippen LogP contribution in [0.15, 0.2) is 0 Å². The van der Waals surface area contributed by atoms with Gasteiger partial charge in [-0.05, 0) is 20.8 Å². The number of ether oxygens (including phenoxy) is 3. The van der Waals surface area contributed by atoms with Gasteiger partial charge in [-0.1, -0.05) is 0 Å². The number of methoxy groups -OCH3 is 1. The Morgan fingerprint density at radius 3 is 2.33 bits per heavy atom. The van der Waals surface area contributed by atoms with Gasteiger partial charge in [-0.3, -0.25) is 0 Å². The molecule has 0 aliphatic carbocycles. The minimum Gasteiger partial charge on any atom is -0.467 e. The molecule has 0 aromatic heterocycles. The Morgan fingerprint density at radius 1 is 1.42 bits per heavy atom. The van der Waals surface area contributed by atoms with Crippen molar-refractivity contribution in [3.63, 3.8) is 0 Å². The lowest BCUT2D eigenvalue weighted by Crippen LogP contribution is -2.30. The summed E-state index contributed by atoms with van der Waals surface area (Å²) in [7, 11) is 1.34. The molecule has 0 unspecified atom stereocenters. The molecular weight excluding hydrogens is 160 g/mol. The van der Waals surface area contributed by atoms with Gasteiger partial charge in [-0.2, -0.15) is 0 Å². The van der Waals surface area contributed by atoms with Crippen molar-refractivity contribution in [3.05, 3.63) is 0 Å². The van der Waals surface area contributed by atoms with Gasteiger partial charge < -0.3 is 14.2 Å². The molecule has 1 saturated heterocycles. The maximum Gasteiger partial charge on any atom is 0.337 e. The molecular formula is C8H14O4. The van der Waals surface area contributed by atoms with E-state index in [9.17, 15) is 4.79 Å². The van der Waals surface area contributed by atoms with Crippen LogP contribution in [0.2, 0.25) is 0 Å². The second-order valence-corrected chi connectivity index (χ2v) is 3.28. The van der Waals surface area contributed by atoms with Gasteiger partial charge >= 0.3 is 5.97 Å². The Bertz CT molecular complexity index is 187. The van der Waals surface area contributed by atoms with Gasteiger partial charge in [0.05, 0.1) is 13.2 Å². The predicted octanol–water partition coefficient (Wildman–Crippen LogP) is 0.699. The number of rotatable bonds is 1. The van der Waals surface area contributed by atoms with E-state index < -0.39 is 11.9 Å². The molecule has 1 rings (SSSR count). The van der Waals surface area contributed by atoms with Gasteiger partial charge in [-0.25, -0.2) is 4.79 Å². The molecule has 12 heavy (non-hydrogen) atoms. The first kappa shape index (κ1) is 9.48. The predicted molar refractivity (Wildman–Crippen MR) is 41.5 cm³/mol. The molecule has 1 aliphatic heterocycles.